The zero-order valence-corrected chi connectivity index (χ0v) is 16.1. The van der Waals surface area contributed by atoms with E-state index in [-0.39, 0.29) is 5.56 Å². The molecule has 1 aliphatic heterocycles. The molecule has 0 radical (unpaired) electrons. The number of aromatic carboxylic acids is 1. The van der Waals surface area contributed by atoms with Crippen LogP contribution in [0, 0.1) is 5.92 Å². The summed E-state index contributed by atoms with van der Waals surface area (Å²) >= 11 is 0. The molecule has 146 valence electrons. The summed E-state index contributed by atoms with van der Waals surface area (Å²) in [4.78, 5) is 17.7. The highest BCUT2D eigenvalue weighted by molar-refractivity contribution is 5.87. The number of nitrogens with one attached hydrogen (secondary N) is 1. The Morgan fingerprint density at radius 2 is 2.19 bits per heavy atom. The molecule has 0 unspecified atom stereocenters. The predicted molar refractivity (Wildman–Crippen MR) is 110 cm³/mol. The van der Waals surface area contributed by atoms with E-state index in [0.717, 1.165) is 50.6 Å². The molecule has 2 rings (SSSR count). The Balaban J connectivity index is 1.57. The number of hydrogen-bond acceptors (Lipinski definition) is 4. The second-order valence-corrected chi connectivity index (χ2v) is 7.11. The van der Waals surface area contributed by atoms with Crippen molar-refractivity contribution >= 4 is 5.97 Å². The quantitative estimate of drug-likeness (QED) is 0.460. The Kier molecular flexibility index (Phi) is 8.95. The van der Waals surface area contributed by atoms with E-state index in [1.165, 1.54) is 24.5 Å². The van der Waals surface area contributed by atoms with Crippen molar-refractivity contribution in [2.45, 2.75) is 32.2 Å². The highest BCUT2D eigenvalue weighted by Gasteiger charge is 2.18. The molecule has 2 N–H and O–H groups in total. The second kappa shape index (κ2) is 11.5. The molecule has 1 aliphatic rings. The molecule has 1 fully saturated rings. The largest absolute Gasteiger partial charge is 0.478 e. The number of pyridine rings is 1. The van der Waals surface area contributed by atoms with Gasteiger partial charge in [-0.05, 0) is 69.9 Å². The lowest BCUT2D eigenvalue weighted by molar-refractivity contribution is 0.0696. The maximum Gasteiger partial charge on any atom is 0.335 e. The van der Waals surface area contributed by atoms with Gasteiger partial charge in [-0.1, -0.05) is 37.0 Å². The van der Waals surface area contributed by atoms with Gasteiger partial charge in [0.2, 0.25) is 0 Å². The van der Waals surface area contributed by atoms with Crippen LogP contribution >= 0.6 is 0 Å². The summed E-state index contributed by atoms with van der Waals surface area (Å²) in [6.45, 7) is 12.7. The second-order valence-electron chi connectivity index (χ2n) is 7.11. The Hall–Kier alpha value is -2.24. The molecule has 0 aromatic carbocycles. The third kappa shape index (κ3) is 7.89. The number of allylic oxidation sites excluding steroid dienone is 4. The number of nitrogens with zero attached hydrogens (tertiary/aromatic N) is 2. The molecule has 0 aliphatic carbocycles. The number of hydrogen-bond donors (Lipinski definition) is 2. The fourth-order valence-corrected chi connectivity index (χ4v) is 3.41. The van der Waals surface area contributed by atoms with Crippen LogP contribution in [0.1, 0.15) is 41.7 Å². The Labute approximate surface area is 162 Å². The molecule has 5 nitrogen and oxygen atoms in total. The fraction of sp³-hybridized carbons (Fsp3) is 0.455. The summed E-state index contributed by atoms with van der Waals surface area (Å²) in [6, 6.07) is 3.14. The third-order valence-electron chi connectivity index (χ3n) is 4.92. The van der Waals surface area contributed by atoms with Gasteiger partial charge in [-0.15, -0.1) is 0 Å². The molecule has 0 saturated carbocycles. The van der Waals surface area contributed by atoms with E-state index in [0.29, 0.717) is 6.54 Å². The van der Waals surface area contributed by atoms with E-state index in [4.69, 9.17) is 5.11 Å². The van der Waals surface area contributed by atoms with E-state index in [2.05, 4.69) is 34.4 Å². The molecule has 0 spiro atoms. The van der Waals surface area contributed by atoms with Crippen molar-refractivity contribution < 1.29 is 9.90 Å². The van der Waals surface area contributed by atoms with Gasteiger partial charge < -0.3 is 15.3 Å². The Morgan fingerprint density at radius 3 is 2.89 bits per heavy atom. The van der Waals surface area contributed by atoms with E-state index in [9.17, 15) is 4.79 Å². The maximum absolute atomic E-state index is 11.0. The Bertz CT molecular complexity index is 661. The van der Waals surface area contributed by atoms with Crippen molar-refractivity contribution in [3.63, 3.8) is 0 Å². The molecular formula is C22H31N3O2. The molecule has 1 aromatic heterocycles. The molecule has 5 heteroatoms. The highest BCUT2D eigenvalue weighted by Crippen LogP contribution is 2.24. The summed E-state index contributed by atoms with van der Waals surface area (Å²) in [7, 11) is 0. The molecule has 0 bridgehead atoms. The first-order valence-corrected chi connectivity index (χ1v) is 9.66. The summed E-state index contributed by atoms with van der Waals surface area (Å²) in [6.07, 6.45) is 12.0. The average molecular weight is 370 g/mol. The van der Waals surface area contributed by atoms with Crippen LogP contribution in [0.5, 0.6) is 0 Å². The summed E-state index contributed by atoms with van der Waals surface area (Å²) < 4.78 is 0. The lowest BCUT2D eigenvalue weighted by Gasteiger charge is -2.32. The van der Waals surface area contributed by atoms with Gasteiger partial charge in [0, 0.05) is 12.7 Å². The fourth-order valence-electron chi connectivity index (χ4n) is 3.41. The standard InChI is InChI=1S/C22H31N3O2/c1-3-4-6-18(2)15-19-8-13-25(14-9-19)12-5-10-23-17-21-16-20(22(26)27)7-11-24-21/h3-4,6-7,11,16,19,23H,1-2,5,8-10,12-15,17H2,(H,26,27)/b6-4-. The van der Waals surface area contributed by atoms with Crippen LogP contribution in [0.3, 0.4) is 0 Å². The Morgan fingerprint density at radius 1 is 1.41 bits per heavy atom. The minimum absolute atomic E-state index is 0.285. The number of carbonyl (C=O) groups is 1. The van der Waals surface area contributed by atoms with Crippen LogP contribution in [0.4, 0.5) is 0 Å². The first-order valence-electron chi connectivity index (χ1n) is 9.66. The van der Waals surface area contributed by atoms with Crippen molar-refractivity contribution in [2.75, 3.05) is 26.2 Å². The van der Waals surface area contributed by atoms with Crippen molar-refractivity contribution in [3.8, 4) is 0 Å². The van der Waals surface area contributed by atoms with Gasteiger partial charge in [-0.3, -0.25) is 4.98 Å². The van der Waals surface area contributed by atoms with Crippen LogP contribution < -0.4 is 5.32 Å². The molecule has 0 atom stereocenters. The molecule has 0 amide bonds. The van der Waals surface area contributed by atoms with Gasteiger partial charge >= 0.3 is 5.97 Å². The zero-order valence-electron chi connectivity index (χ0n) is 16.1. The smallest absolute Gasteiger partial charge is 0.335 e. The normalized spacial score (nSPS) is 15.9. The van der Waals surface area contributed by atoms with Gasteiger partial charge in [-0.25, -0.2) is 4.79 Å². The zero-order chi connectivity index (χ0) is 19.5. The molecule has 2 heterocycles. The SMILES string of the molecule is C=C/C=C\C(=C)CC1CCN(CCCNCc2cc(C(=O)O)ccn2)CC1. The first-order chi connectivity index (χ1) is 13.1. The number of likely N-dealkylation sites (tertiary alicyclic amines) is 1. The van der Waals surface area contributed by atoms with Gasteiger partial charge in [0.05, 0.1) is 11.3 Å². The van der Waals surface area contributed by atoms with Gasteiger partial charge in [0.25, 0.3) is 0 Å². The molecule has 1 aromatic rings. The lowest BCUT2D eigenvalue weighted by atomic mass is 9.90. The highest BCUT2D eigenvalue weighted by atomic mass is 16.4. The van der Waals surface area contributed by atoms with E-state index < -0.39 is 5.97 Å². The van der Waals surface area contributed by atoms with Crippen LogP contribution in [-0.2, 0) is 6.54 Å². The van der Waals surface area contributed by atoms with Crippen molar-refractivity contribution in [1.29, 1.82) is 0 Å². The minimum atomic E-state index is -0.914. The van der Waals surface area contributed by atoms with Crippen LogP contribution in [0.25, 0.3) is 0 Å². The summed E-state index contributed by atoms with van der Waals surface area (Å²) in [5, 5.41) is 12.4. The number of rotatable bonds is 11. The van der Waals surface area contributed by atoms with Gasteiger partial charge in [0.1, 0.15) is 0 Å². The van der Waals surface area contributed by atoms with E-state index in [1.54, 1.807) is 18.3 Å². The monoisotopic (exact) mass is 369 g/mol. The van der Waals surface area contributed by atoms with Crippen LogP contribution in [-0.4, -0.2) is 47.1 Å². The van der Waals surface area contributed by atoms with Crippen LogP contribution in [0.2, 0.25) is 0 Å². The third-order valence-corrected chi connectivity index (χ3v) is 4.92. The number of carboxylic acids is 1. The molecule has 1 saturated heterocycles. The summed E-state index contributed by atoms with van der Waals surface area (Å²) in [5.41, 5.74) is 2.24. The number of piperidine rings is 1. The van der Waals surface area contributed by atoms with Crippen LogP contribution in [0.15, 0.2) is 55.3 Å². The van der Waals surface area contributed by atoms with E-state index in [1.807, 2.05) is 6.08 Å². The lowest BCUT2D eigenvalue weighted by Crippen LogP contribution is -2.35. The van der Waals surface area contributed by atoms with E-state index >= 15 is 0 Å². The molecule has 27 heavy (non-hydrogen) atoms. The average Bonchev–Trinajstić information content (AvgIpc) is 2.67. The summed E-state index contributed by atoms with van der Waals surface area (Å²) in [5.74, 6) is -0.170. The minimum Gasteiger partial charge on any atom is -0.478 e. The topological polar surface area (TPSA) is 65.5 Å². The van der Waals surface area contributed by atoms with Gasteiger partial charge in [-0.2, -0.15) is 0 Å². The molecular weight excluding hydrogens is 338 g/mol. The predicted octanol–water partition coefficient (Wildman–Crippen LogP) is 3.66. The number of aromatic nitrogens is 1. The number of carboxylic acid groups (broad SMARTS) is 1. The first kappa shape index (κ1) is 21.1. The van der Waals surface area contributed by atoms with Crippen molar-refractivity contribution in [3.05, 3.63) is 66.5 Å². The van der Waals surface area contributed by atoms with Gasteiger partial charge in [0.15, 0.2) is 0 Å². The van der Waals surface area contributed by atoms with Crippen molar-refractivity contribution in [1.82, 2.24) is 15.2 Å². The van der Waals surface area contributed by atoms with Crippen molar-refractivity contribution in [2.24, 2.45) is 5.92 Å². The maximum atomic E-state index is 11.0.